The molecule has 0 unspecified atom stereocenters. The zero-order valence-electron chi connectivity index (χ0n) is 9.24. The third-order valence-electron chi connectivity index (χ3n) is 2.87. The molecule has 90 valence electrons. The Hall–Kier alpha value is -0.960. The van der Waals surface area contributed by atoms with Gasteiger partial charge in [0.15, 0.2) is 5.78 Å². The summed E-state index contributed by atoms with van der Waals surface area (Å²) in [7, 11) is 0. The minimum Gasteiger partial charge on any atom is -0.294 e. The van der Waals surface area contributed by atoms with Crippen molar-refractivity contribution >= 4 is 40.7 Å². The van der Waals surface area contributed by atoms with Crippen LogP contribution in [0.15, 0.2) is 46.2 Å². The molecule has 0 aliphatic carbocycles. The Morgan fingerprint density at radius 2 is 1.72 bits per heavy atom. The van der Waals surface area contributed by atoms with Gasteiger partial charge in [-0.2, -0.15) is 0 Å². The summed E-state index contributed by atoms with van der Waals surface area (Å²) >= 11 is 13.6. The molecule has 0 radical (unpaired) electrons. The van der Waals surface area contributed by atoms with E-state index in [1.165, 1.54) is 0 Å². The van der Waals surface area contributed by atoms with E-state index in [0.717, 1.165) is 15.4 Å². The second kappa shape index (κ2) is 4.61. The fraction of sp³-hybridized carbons (Fsp3) is 0.0714. The summed E-state index contributed by atoms with van der Waals surface area (Å²) in [6.45, 7) is 0. The number of hydrogen-bond donors (Lipinski definition) is 0. The largest absolute Gasteiger partial charge is 0.294 e. The van der Waals surface area contributed by atoms with Crippen LogP contribution in [0.5, 0.6) is 0 Å². The Kier molecular flexibility index (Phi) is 3.10. The average molecular weight is 295 g/mol. The average Bonchev–Trinajstić information content (AvgIpc) is 2.47. The van der Waals surface area contributed by atoms with Crippen molar-refractivity contribution in [1.82, 2.24) is 0 Å². The molecule has 18 heavy (non-hydrogen) atoms. The highest BCUT2D eigenvalue weighted by molar-refractivity contribution is 7.99. The maximum atomic E-state index is 12.2. The Morgan fingerprint density at radius 1 is 1.00 bits per heavy atom. The number of hydrogen-bond acceptors (Lipinski definition) is 2. The Morgan fingerprint density at radius 3 is 2.56 bits per heavy atom. The van der Waals surface area contributed by atoms with Gasteiger partial charge in [0.05, 0.1) is 10.0 Å². The first-order chi connectivity index (χ1) is 8.65. The number of carbonyl (C=O) groups excluding carboxylic acids is 1. The third-order valence-corrected chi connectivity index (χ3v) is 4.76. The molecule has 4 heteroatoms. The predicted octanol–water partition coefficient (Wildman–Crippen LogP) is 4.88. The summed E-state index contributed by atoms with van der Waals surface area (Å²) in [6.07, 6.45) is 0.411. The first-order valence-corrected chi connectivity index (χ1v) is 7.00. The van der Waals surface area contributed by atoms with Gasteiger partial charge >= 0.3 is 0 Å². The van der Waals surface area contributed by atoms with Crippen LogP contribution in [-0.4, -0.2) is 5.78 Å². The molecule has 0 amide bonds. The topological polar surface area (TPSA) is 17.1 Å². The van der Waals surface area contributed by atoms with Gasteiger partial charge in [0.1, 0.15) is 0 Å². The van der Waals surface area contributed by atoms with Gasteiger partial charge in [-0.25, -0.2) is 0 Å². The number of Topliss-reactive ketones (excluding diaryl/α,β-unsaturated/α-hetero) is 1. The van der Waals surface area contributed by atoms with E-state index in [1.807, 2.05) is 24.3 Å². The number of rotatable bonds is 0. The van der Waals surface area contributed by atoms with E-state index >= 15 is 0 Å². The molecule has 0 spiro atoms. The molecular weight excluding hydrogens is 287 g/mol. The Bertz CT molecular complexity index is 652. The Balaban J connectivity index is 2.20. The molecule has 0 bridgehead atoms. The van der Waals surface area contributed by atoms with Crippen LogP contribution < -0.4 is 0 Å². The van der Waals surface area contributed by atoms with Crippen molar-refractivity contribution < 1.29 is 4.79 Å². The van der Waals surface area contributed by atoms with E-state index in [0.29, 0.717) is 22.0 Å². The van der Waals surface area contributed by atoms with E-state index < -0.39 is 0 Å². The van der Waals surface area contributed by atoms with Crippen LogP contribution in [0.3, 0.4) is 0 Å². The van der Waals surface area contributed by atoms with Gasteiger partial charge in [-0.05, 0) is 23.8 Å². The van der Waals surface area contributed by atoms with Crippen molar-refractivity contribution in [3.8, 4) is 0 Å². The van der Waals surface area contributed by atoms with Crippen LogP contribution in [0.2, 0.25) is 10.0 Å². The predicted molar refractivity (Wildman–Crippen MR) is 75.1 cm³/mol. The zero-order chi connectivity index (χ0) is 12.7. The molecule has 0 aromatic heterocycles. The molecule has 0 saturated heterocycles. The normalized spacial score (nSPS) is 13.8. The van der Waals surface area contributed by atoms with E-state index in [2.05, 4.69) is 0 Å². The fourth-order valence-electron chi connectivity index (χ4n) is 1.97. The molecule has 0 N–H and O–H groups in total. The monoisotopic (exact) mass is 294 g/mol. The van der Waals surface area contributed by atoms with Crippen molar-refractivity contribution in [3.05, 3.63) is 57.6 Å². The smallest absolute Gasteiger partial charge is 0.168 e. The van der Waals surface area contributed by atoms with Crippen LogP contribution in [0.25, 0.3) is 0 Å². The van der Waals surface area contributed by atoms with E-state index in [9.17, 15) is 4.79 Å². The van der Waals surface area contributed by atoms with Crippen LogP contribution in [0.1, 0.15) is 15.9 Å². The highest BCUT2D eigenvalue weighted by Gasteiger charge is 2.21. The van der Waals surface area contributed by atoms with Gasteiger partial charge in [-0.15, -0.1) is 0 Å². The summed E-state index contributed by atoms with van der Waals surface area (Å²) in [5.41, 5.74) is 1.71. The third kappa shape index (κ3) is 2.05. The number of carbonyl (C=O) groups is 1. The molecule has 0 saturated carbocycles. The molecule has 1 aliphatic heterocycles. The van der Waals surface area contributed by atoms with E-state index in [1.54, 1.807) is 23.9 Å². The number of ketones is 1. The van der Waals surface area contributed by atoms with Crippen molar-refractivity contribution in [1.29, 1.82) is 0 Å². The lowest BCUT2D eigenvalue weighted by Gasteiger charge is -2.06. The van der Waals surface area contributed by atoms with Crippen LogP contribution in [0.4, 0.5) is 0 Å². The van der Waals surface area contributed by atoms with Gasteiger partial charge in [-0.1, -0.05) is 53.2 Å². The molecule has 1 heterocycles. The van der Waals surface area contributed by atoms with Gasteiger partial charge in [0.2, 0.25) is 0 Å². The van der Waals surface area contributed by atoms with Gasteiger partial charge in [0, 0.05) is 21.8 Å². The number of benzene rings is 2. The van der Waals surface area contributed by atoms with Gasteiger partial charge in [0.25, 0.3) is 0 Å². The van der Waals surface area contributed by atoms with Crippen molar-refractivity contribution in [2.75, 3.05) is 0 Å². The molecule has 2 aromatic rings. The van der Waals surface area contributed by atoms with Gasteiger partial charge < -0.3 is 0 Å². The minimum atomic E-state index is 0.0843. The van der Waals surface area contributed by atoms with Crippen molar-refractivity contribution in [2.24, 2.45) is 0 Å². The summed E-state index contributed by atoms with van der Waals surface area (Å²) in [4.78, 5) is 14.2. The SMILES string of the molecule is O=C1Cc2ccccc2Sc2cc(Cl)c(Cl)cc21. The molecule has 1 nitrogen and oxygen atoms in total. The molecule has 1 aliphatic rings. The Labute approximate surface area is 119 Å². The van der Waals surface area contributed by atoms with Crippen LogP contribution >= 0.6 is 35.0 Å². The lowest BCUT2D eigenvalue weighted by Crippen LogP contribution is -2.03. The fourth-order valence-corrected chi connectivity index (χ4v) is 3.47. The highest BCUT2D eigenvalue weighted by atomic mass is 35.5. The summed E-state index contributed by atoms with van der Waals surface area (Å²) in [5, 5.41) is 0.908. The zero-order valence-corrected chi connectivity index (χ0v) is 11.6. The second-order valence-corrected chi connectivity index (χ2v) is 5.97. The van der Waals surface area contributed by atoms with E-state index in [-0.39, 0.29) is 5.78 Å². The van der Waals surface area contributed by atoms with Crippen LogP contribution in [-0.2, 0) is 6.42 Å². The molecule has 0 atom stereocenters. The van der Waals surface area contributed by atoms with E-state index in [4.69, 9.17) is 23.2 Å². The number of fused-ring (bicyclic) bond motifs is 2. The molecule has 2 aromatic carbocycles. The summed E-state index contributed by atoms with van der Waals surface area (Å²) in [6, 6.07) is 11.4. The molecule has 3 rings (SSSR count). The maximum Gasteiger partial charge on any atom is 0.168 e. The highest BCUT2D eigenvalue weighted by Crippen LogP contribution is 2.40. The quantitative estimate of drug-likeness (QED) is 0.688. The van der Waals surface area contributed by atoms with Crippen molar-refractivity contribution in [3.63, 3.8) is 0 Å². The molecular formula is C14H8Cl2OS. The van der Waals surface area contributed by atoms with Crippen LogP contribution in [0, 0.1) is 0 Å². The lowest BCUT2D eigenvalue weighted by molar-refractivity contribution is 0.0990. The maximum absolute atomic E-state index is 12.2. The summed E-state index contributed by atoms with van der Waals surface area (Å²) in [5.74, 6) is 0.0843. The molecule has 0 fully saturated rings. The van der Waals surface area contributed by atoms with Crippen molar-refractivity contribution in [2.45, 2.75) is 16.2 Å². The minimum absolute atomic E-state index is 0.0843. The first-order valence-electron chi connectivity index (χ1n) is 5.43. The standard InChI is InChI=1S/C14H8Cl2OS/c15-10-6-9-12(17)5-8-3-1-2-4-13(8)18-14(9)7-11(10)16/h1-4,6-7H,5H2. The summed E-state index contributed by atoms with van der Waals surface area (Å²) < 4.78 is 0. The lowest BCUT2D eigenvalue weighted by atomic mass is 10.0. The first kappa shape index (κ1) is 12.1. The van der Waals surface area contributed by atoms with Gasteiger partial charge in [-0.3, -0.25) is 4.79 Å². The number of halogens is 2. The second-order valence-electron chi connectivity index (χ2n) is 4.07.